The maximum atomic E-state index is 13.8. The van der Waals surface area contributed by atoms with Gasteiger partial charge in [0.25, 0.3) is 11.8 Å². The Bertz CT molecular complexity index is 1010. The summed E-state index contributed by atoms with van der Waals surface area (Å²) < 4.78 is 32.1. The average Bonchev–Trinajstić information content (AvgIpc) is 3.28. The van der Waals surface area contributed by atoms with Gasteiger partial charge in [0.1, 0.15) is 5.82 Å². The Morgan fingerprint density at radius 1 is 1.12 bits per heavy atom. The van der Waals surface area contributed by atoms with Gasteiger partial charge in [-0.3, -0.25) is 9.59 Å². The van der Waals surface area contributed by atoms with Gasteiger partial charge in [0.2, 0.25) is 0 Å². The van der Waals surface area contributed by atoms with Gasteiger partial charge in [-0.25, -0.2) is 18.7 Å². The third-order valence-corrected chi connectivity index (χ3v) is 5.99. The molecule has 1 atom stereocenters. The van der Waals surface area contributed by atoms with Crippen LogP contribution in [0.2, 0.25) is 0 Å². The zero-order chi connectivity index (χ0) is 22.7. The molecule has 0 spiro atoms. The number of amides is 2. The molecule has 2 aliphatic rings. The summed E-state index contributed by atoms with van der Waals surface area (Å²) in [5.74, 6) is -1.65. The average molecular weight is 444 g/mol. The van der Waals surface area contributed by atoms with Crippen LogP contribution in [0.4, 0.5) is 8.78 Å². The van der Waals surface area contributed by atoms with E-state index < -0.39 is 11.6 Å². The molecule has 9 heteroatoms. The molecule has 0 radical (unpaired) electrons. The molecule has 1 aromatic carbocycles. The van der Waals surface area contributed by atoms with Crippen molar-refractivity contribution < 1.29 is 23.1 Å². The minimum atomic E-state index is -0.858. The van der Waals surface area contributed by atoms with Crippen molar-refractivity contribution in [2.75, 3.05) is 26.2 Å². The number of benzene rings is 1. The maximum Gasteiger partial charge on any atom is 0.261 e. The normalized spacial score (nSPS) is 18.7. The minimum absolute atomic E-state index is 0.0529. The highest BCUT2D eigenvalue weighted by atomic mass is 19.1. The van der Waals surface area contributed by atoms with Gasteiger partial charge in [0, 0.05) is 31.9 Å². The van der Waals surface area contributed by atoms with E-state index in [-0.39, 0.29) is 30.2 Å². The molecule has 1 unspecified atom stereocenters. The fraction of sp³-hybridized carbons (Fsp3) is 0.478. The fourth-order valence-electron chi connectivity index (χ4n) is 4.27. The van der Waals surface area contributed by atoms with Crippen LogP contribution in [0.25, 0.3) is 0 Å². The van der Waals surface area contributed by atoms with Crippen molar-refractivity contribution in [2.24, 2.45) is 0 Å². The summed E-state index contributed by atoms with van der Waals surface area (Å²) in [6.45, 7) is 3.42. The minimum Gasteiger partial charge on any atom is -0.481 e. The molecule has 0 bridgehead atoms. The van der Waals surface area contributed by atoms with Gasteiger partial charge in [-0.2, -0.15) is 0 Å². The first-order chi connectivity index (χ1) is 15.4. The van der Waals surface area contributed by atoms with Crippen LogP contribution in [0.5, 0.6) is 5.75 Å². The summed E-state index contributed by atoms with van der Waals surface area (Å²) in [4.78, 5) is 38.0. The highest BCUT2D eigenvalue weighted by molar-refractivity contribution is 5.95. The summed E-state index contributed by atoms with van der Waals surface area (Å²) in [7, 11) is 0. The van der Waals surface area contributed by atoms with Gasteiger partial charge in [-0.1, -0.05) is 0 Å². The molecule has 2 saturated heterocycles. The molecule has 32 heavy (non-hydrogen) atoms. The van der Waals surface area contributed by atoms with E-state index in [4.69, 9.17) is 4.74 Å². The van der Waals surface area contributed by atoms with Crippen LogP contribution in [-0.4, -0.2) is 57.8 Å². The van der Waals surface area contributed by atoms with Crippen molar-refractivity contribution in [3.63, 3.8) is 0 Å². The van der Waals surface area contributed by atoms with Gasteiger partial charge >= 0.3 is 0 Å². The first-order valence-corrected chi connectivity index (χ1v) is 10.9. The second kappa shape index (κ2) is 9.58. The summed E-state index contributed by atoms with van der Waals surface area (Å²) in [6, 6.07) is 2.61. The summed E-state index contributed by atoms with van der Waals surface area (Å²) >= 11 is 0. The molecule has 0 N–H and O–H groups in total. The van der Waals surface area contributed by atoms with Gasteiger partial charge < -0.3 is 14.5 Å². The predicted molar refractivity (Wildman–Crippen MR) is 112 cm³/mol. The van der Waals surface area contributed by atoms with E-state index >= 15 is 0 Å². The lowest BCUT2D eigenvalue weighted by Crippen LogP contribution is -2.37. The first-order valence-electron chi connectivity index (χ1n) is 10.9. The van der Waals surface area contributed by atoms with Gasteiger partial charge in [-0.05, 0) is 51.2 Å². The van der Waals surface area contributed by atoms with Crippen molar-refractivity contribution in [1.82, 2.24) is 19.8 Å². The molecule has 0 aliphatic carbocycles. The standard InChI is InChI=1S/C23H26F2N4O3/c1-15-17(23(31)28-9-3-2-4-10-28)13-26-22(27-15)19-6-5-11-29(19)21(30)14-32-20-8-7-16(24)12-18(20)25/h7-8,12-13,19H,2-6,9-11,14H2,1H3. The number of piperidine rings is 1. The largest absolute Gasteiger partial charge is 0.481 e. The monoisotopic (exact) mass is 444 g/mol. The van der Waals surface area contributed by atoms with E-state index in [0.29, 0.717) is 36.1 Å². The number of halogens is 2. The number of hydrogen-bond acceptors (Lipinski definition) is 5. The molecule has 2 fully saturated rings. The van der Waals surface area contributed by atoms with E-state index in [9.17, 15) is 18.4 Å². The summed E-state index contributed by atoms with van der Waals surface area (Å²) in [6.07, 6.45) is 6.18. The maximum absolute atomic E-state index is 13.8. The zero-order valence-electron chi connectivity index (χ0n) is 18.0. The lowest BCUT2D eigenvalue weighted by atomic mass is 10.1. The Balaban J connectivity index is 1.43. The van der Waals surface area contributed by atoms with Crippen molar-refractivity contribution in [1.29, 1.82) is 0 Å². The molecule has 2 aliphatic heterocycles. The topological polar surface area (TPSA) is 75.6 Å². The molecular formula is C23H26F2N4O3. The van der Waals surface area contributed by atoms with Crippen LogP contribution in [0.1, 0.15) is 60.0 Å². The van der Waals surface area contributed by atoms with E-state index in [2.05, 4.69) is 9.97 Å². The highest BCUT2D eigenvalue weighted by Crippen LogP contribution is 2.30. The molecule has 2 aromatic rings. The number of carbonyl (C=O) groups excluding carboxylic acids is 2. The summed E-state index contributed by atoms with van der Waals surface area (Å²) in [5.41, 5.74) is 1.08. The first kappa shape index (κ1) is 22.1. The Morgan fingerprint density at radius 2 is 1.91 bits per heavy atom. The zero-order valence-corrected chi connectivity index (χ0v) is 18.0. The number of rotatable bonds is 5. The number of ether oxygens (including phenoxy) is 1. The highest BCUT2D eigenvalue weighted by Gasteiger charge is 2.33. The molecule has 2 amide bonds. The Morgan fingerprint density at radius 3 is 2.62 bits per heavy atom. The van der Waals surface area contributed by atoms with Gasteiger partial charge in [-0.15, -0.1) is 0 Å². The molecule has 3 heterocycles. The number of likely N-dealkylation sites (tertiary alicyclic amines) is 2. The van der Waals surface area contributed by atoms with Gasteiger partial charge in [0.15, 0.2) is 24.0 Å². The predicted octanol–water partition coefficient (Wildman–Crippen LogP) is 3.43. The third-order valence-electron chi connectivity index (χ3n) is 5.99. The lowest BCUT2D eigenvalue weighted by molar-refractivity contribution is -0.134. The number of nitrogens with zero attached hydrogens (tertiary/aromatic N) is 4. The third kappa shape index (κ3) is 4.71. The Hall–Kier alpha value is -3.10. The van der Waals surface area contributed by atoms with E-state index in [1.807, 2.05) is 4.90 Å². The lowest BCUT2D eigenvalue weighted by Gasteiger charge is -2.27. The molecule has 4 rings (SSSR count). The van der Waals surface area contributed by atoms with Gasteiger partial charge in [0.05, 0.1) is 17.3 Å². The SMILES string of the molecule is Cc1nc(C2CCCN2C(=O)COc2ccc(F)cc2F)ncc1C(=O)N1CCCCC1. The Kier molecular flexibility index (Phi) is 6.62. The van der Waals surface area contributed by atoms with E-state index in [1.165, 1.54) is 0 Å². The van der Waals surface area contributed by atoms with Crippen LogP contribution in [0.3, 0.4) is 0 Å². The van der Waals surface area contributed by atoms with Crippen molar-refractivity contribution in [3.8, 4) is 5.75 Å². The van der Waals surface area contributed by atoms with E-state index in [1.54, 1.807) is 18.0 Å². The van der Waals surface area contributed by atoms with Crippen LogP contribution in [0.15, 0.2) is 24.4 Å². The van der Waals surface area contributed by atoms with Crippen molar-refractivity contribution in [2.45, 2.75) is 45.1 Å². The smallest absolute Gasteiger partial charge is 0.261 e. The molecular weight excluding hydrogens is 418 g/mol. The Labute approximate surface area is 185 Å². The van der Waals surface area contributed by atoms with Crippen LogP contribution in [-0.2, 0) is 4.79 Å². The molecule has 0 saturated carbocycles. The second-order valence-electron chi connectivity index (χ2n) is 8.19. The number of aryl methyl sites for hydroxylation is 1. The fourth-order valence-corrected chi connectivity index (χ4v) is 4.27. The number of carbonyl (C=O) groups is 2. The van der Waals surface area contributed by atoms with Crippen molar-refractivity contribution >= 4 is 11.8 Å². The van der Waals surface area contributed by atoms with E-state index in [0.717, 1.165) is 50.9 Å². The van der Waals surface area contributed by atoms with Crippen LogP contribution >= 0.6 is 0 Å². The van der Waals surface area contributed by atoms with Crippen molar-refractivity contribution in [3.05, 3.63) is 53.1 Å². The number of hydrogen-bond donors (Lipinski definition) is 0. The molecule has 170 valence electrons. The van der Waals surface area contributed by atoms with Crippen LogP contribution in [0, 0.1) is 18.6 Å². The van der Waals surface area contributed by atoms with Crippen LogP contribution < -0.4 is 4.74 Å². The number of aromatic nitrogens is 2. The molecule has 1 aromatic heterocycles. The molecule has 7 nitrogen and oxygen atoms in total. The summed E-state index contributed by atoms with van der Waals surface area (Å²) in [5, 5.41) is 0. The quantitative estimate of drug-likeness (QED) is 0.706. The second-order valence-corrected chi connectivity index (χ2v) is 8.19.